The molecular weight excluding hydrogens is 413 g/mol. The fourth-order valence-electron chi connectivity index (χ4n) is 3.34. The highest BCUT2D eigenvalue weighted by molar-refractivity contribution is 6.30. The smallest absolute Gasteiger partial charge is 0.312 e. The molecule has 1 fully saturated rings. The molecule has 0 N–H and O–H groups in total. The van der Waals surface area contributed by atoms with Gasteiger partial charge in [0.1, 0.15) is 0 Å². The van der Waals surface area contributed by atoms with E-state index < -0.39 is 18.0 Å². The van der Waals surface area contributed by atoms with Gasteiger partial charge in [-0.15, -0.1) is 11.6 Å². The fourth-order valence-corrected chi connectivity index (χ4v) is 3.67. The molecule has 1 aliphatic rings. The Kier molecular flexibility index (Phi) is 6.93. The van der Waals surface area contributed by atoms with Crippen molar-refractivity contribution in [1.29, 1.82) is 0 Å². The number of aryl methyl sites for hydroxylation is 1. The minimum atomic E-state index is -0.996. The quantitative estimate of drug-likeness (QED) is 0.368. The van der Waals surface area contributed by atoms with Gasteiger partial charge < -0.3 is 9.64 Å². The van der Waals surface area contributed by atoms with E-state index in [0.717, 1.165) is 11.3 Å². The number of hydrogen-bond acceptors (Lipinski definition) is 4. The van der Waals surface area contributed by atoms with Crippen LogP contribution in [-0.4, -0.2) is 36.2 Å². The van der Waals surface area contributed by atoms with E-state index >= 15 is 0 Å². The number of benzene rings is 2. The molecule has 1 aliphatic heterocycles. The molecule has 152 valence electrons. The molecule has 2 atom stereocenters. The molecule has 0 unspecified atom stereocenters. The Morgan fingerprint density at radius 2 is 1.86 bits per heavy atom. The van der Waals surface area contributed by atoms with Crippen LogP contribution in [0.25, 0.3) is 0 Å². The van der Waals surface area contributed by atoms with Gasteiger partial charge in [-0.3, -0.25) is 14.4 Å². The number of esters is 1. The Morgan fingerprint density at radius 3 is 2.52 bits per heavy atom. The van der Waals surface area contributed by atoms with Crippen LogP contribution in [0.1, 0.15) is 28.8 Å². The Hall–Kier alpha value is -2.37. The maximum atomic E-state index is 12.7. The molecule has 0 aromatic heterocycles. The molecule has 0 radical (unpaired) electrons. The van der Waals surface area contributed by atoms with Gasteiger partial charge in [0.05, 0.1) is 5.92 Å². The zero-order valence-electron chi connectivity index (χ0n) is 15.9. The first-order valence-electron chi connectivity index (χ1n) is 9.33. The molecule has 1 heterocycles. The van der Waals surface area contributed by atoms with E-state index in [4.69, 9.17) is 27.9 Å². The summed E-state index contributed by atoms with van der Waals surface area (Å²) in [4.78, 5) is 39.5. The van der Waals surface area contributed by atoms with Gasteiger partial charge in [-0.2, -0.15) is 0 Å². The number of anilines is 1. The van der Waals surface area contributed by atoms with Crippen LogP contribution >= 0.6 is 23.2 Å². The number of Topliss-reactive ketones (excluding diaryl/α,β-unsaturated/α-hetero) is 1. The van der Waals surface area contributed by atoms with Crippen molar-refractivity contribution in [2.45, 2.75) is 25.9 Å². The average molecular weight is 434 g/mol. The Bertz CT molecular complexity index is 913. The van der Waals surface area contributed by atoms with Crippen LogP contribution in [0, 0.1) is 12.8 Å². The summed E-state index contributed by atoms with van der Waals surface area (Å²) in [6.07, 6.45) is -0.754. The first-order chi connectivity index (χ1) is 13.9. The van der Waals surface area contributed by atoms with Crippen molar-refractivity contribution in [3.05, 3.63) is 64.7 Å². The number of rotatable bonds is 7. The predicted octanol–water partition coefficient (Wildman–Crippen LogP) is 4.42. The van der Waals surface area contributed by atoms with Crippen molar-refractivity contribution in [3.63, 3.8) is 0 Å². The van der Waals surface area contributed by atoms with Crippen LogP contribution in [0.15, 0.2) is 48.5 Å². The molecule has 1 amide bonds. The summed E-state index contributed by atoms with van der Waals surface area (Å²) in [7, 11) is 0. The van der Waals surface area contributed by atoms with Gasteiger partial charge in [-0.05, 0) is 42.8 Å². The predicted molar refractivity (Wildman–Crippen MR) is 113 cm³/mol. The lowest BCUT2D eigenvalue weighted by molar-refractivity contribution is -0.151. The standard InChI is InChI=1S/C22H21Cl2NO4/c1-14-4-2-3-5-18(14)25-13-16(12-20(25)26)22(28)29-19(10-11-23)21(27)15-6-8-17(24)9-7-15/h2-9,16,19H,10-13H2,1H3/t16-,19+/m1/s1. The maximum absolute atomic E-state index is 12.7. The number of para-hydroxylation sites is 1. The molecule has 3 rings (SSSR count). The number of halogens is 2. The minimum Gasteiger partial charge on any atom is -0.454 e. The second kappa shape index (κ2) is 9.42. The van der Waals surface area contributed by atoms with Crippen LogP contribution in [0.2, 0.25) is 5.02 Å². The fraction of sp³-hybridized carbons (Fsp3) is 0.318. The number of amides is 1. The van der Waals surface area contributed by atoms with Crippen molar-refractivity contribution >= 4 is 46.5 Å². The van der Waals surface area contributed by atoms with Crippen LogP contribution < -0.4 is 4.90 Å². The molecule has 29 heavy (non-hydrogen) atoms. The highest BCUT2D eigenvalue weighted by Gasteiger charge is 2.38. The zero-order valence-corrected chi connectivity index (χ0v) is 17.4. The van der Waals surface area contributed by atoms with E-state index in [1.807, 2.05) is 31.2 Å². The first-order valence-corrected chi connectivity index (χ1v) is 10.2. The average Bonchev–Trinajstić information content (AvgIpc) is 3.09. The lowest BCUT2D eigenvalue weighted by Gasteiger charge is -2.20. The lowest BCUT2D eigenvalue weighted by Crippen LogP contribution is -2.32. The summed E-state index contributed by atoms with van der Waals surface area (Å²) in [5.74, 6) is -1.50. The van der Waals surface area contributed by atoms with Gasteiger partial charge >= 0.3 is 5.97 Å². The van der Waals surface area contributed by atoms with Crippen LogP contribution in [0.3, 0.4) is 0 Å². The first kappa shape index (κ1) is 21.3. The summed E-state index contributed by atoms with van der Waals surface area (Å²) >= 11 is 11.7. The van der Waals surface area contributed by atoms with Gasteiger partial charge in [0.15, 0.2) is 6.10 Å². The van der Waals surface area contributed by atoms with Crippen molar-refractivity contribution in [2.75, 3.05) is 17.3 Å². The minimum absolute atomic E-state index is 0.0515. The van der Waals surface area contributed by atoms with E-state index in [0.29, 0.717) is 10.6 Å². The van der Waals surface area contributed by atoms with Crippen molar-refractivity contribution in [2.24, 2.45) is 5.92 Å². The monoisotopic (exact) mass is 433 g/mol. The van der Waals surface area contributed by atoms with Gasteiger partial charge in [0.2, 0.25) is 11.7 Å². The highest BCUT2D eigenvalue weighted by atomic mass is 35.5. The van der Waals surface area contributed by atoms with E-state index in [1.165, 1.54) is 0 Å². The SMILES string of the molecule is Cc1ccccc1N1C[C@H](C(=O)O[C@@H](CCCl)C(=O)c2ccc(Cl)cc2)CC1=O. The van der Waals surface area contributed by atoms with Gasteiger partial charge in [-0.1, -0.05) is 29.8 Å². The molecule has 0 spiro atoms. The molecule has 5 nitrogen and oxygen atoms in total. The summed E-state index contributed by atoms with van der Waals surface area (Å²) in [5.41, 5.74) is 2.12. The topological polar surface area (TPSA) is 63.7 Å². The van der Waals surface area contributed by atoms with Gasteiger partial charge in [-0.25, -0.2) is 0 Å². The van der Waals surface area contributed by atoms with E-state index in [-0.39, 0.29) is 37.0 Å². The third kappa shape index (κ3) is 4.98. The molecule has 0 aliphatic carbocycles. The molecular formula is C22H21Cl2NO4. The summed E-state index contributed by atoms with van der Waals surface area (Å²) in [6.45, 7) is 2.14. The normalized spacial score (nSPS) is 17.3. The highest BCUT2D eigenvalue weighted by Crippen LogP contribution is 2.29. The number of alkyl halides is 1. The Morgan fingerprint density at radius 1 is 1.17 bits per heavy atom. The third-order valence-corrected chi connectivity index (χ3v) is 5.39. The summed E-state index contributed by atoms with van der Waals surface area (Å²) < 4.78 is 5.50. The summed E-state index contributed by atoms with van der Waals surface area (Å²) in [6, 6.07) is 13.9. The largest absolute Gasteiger partial charge is 0.454 e. The molecule has 2 aromatic rings. The Balaban J connectivity index is 1.70. The molecule has 2 aromatic carbocycles. The second-order valence-corrected chi connectivity index (χ2v) is 7.78. The molecule has 7 heteroatoms. The third-order valence-electron chi connectivity index (χ3n) is 4.92. The van der Waals surface area contributed by atoms with E-state index in [2.05, 4.69) is 0 Å². The maximum Gasteiger partial charge on any atom is 0.312 e. The van der Waals surface area contributed by atoms with Gasteiger partial charge in [0, 0.05) is 41.5 Å². The molecule has 1 saturated heterocycles. The second-order valence-electron chi connectivity index (χ2n) is 6.97. The van der Waals surface area contributed by atoms with Crippen LogP contribution in [0.5, 0.6) is 0 Å². The number of nitrogens with zero attached hydrogens (tertiary/aromatic N) is 1. The van der Waals surface area contributed by atoms with Crippen LogP contribution in [0.4, 0.5) is 5.69 Å². The van der Waals surface area contributed by atoms with Crippen LogP contribution in [-0.2, 0) is 14.3 Å². The molecule has 0 saturated carbocycles. The van der Waals surface area contributed by atoms with E-state index in [9.17, 15) is 14.4 Å². The molecule has 0 bridgehead atoms. The van der Waals surface area contributed by atoms with Crippen molar-refractivity contribution in [1.82, 2.24) is 0 Å². The van der Waals surface area contributed by atoms with Gasteiger partial charge in [0.25, 0.3) is 0 Å². The number of ketones is 1. The number of carbonyl (C=O) groups is 3. The number of ether oxygens (including phenoxy) is 1. The van der Waals surface area contributed by atoms with Crippen molar-refractivity contribution in [3.8, 4) is 0 Å². The number of hydrogen-bond donors (Lipinski definition) is 0. The number of carbonyl (C=O) groups excluding carboxylic acids is 3. The van der Waals surface area contributed by atoms with Crippen molar-refractivity contribution < 1.29 is 19.1 Å². The van der Waals surface area contributed by atoms with E-state index in [1.54, 1.807) is 29.2 Å². The Labute approximate surface area is 179 Å². The lowest BCUT2D eigenvalue weighted by atomic mass is 10.0. The summed E-state index contributed by atoms with van der Waals surface area (Å²) in [5, 5.41) is 0.508. The zero-order chi connectivity index (χ0) is 21.0.